The molecule has 3 rings (SSSR count). The van der Waals surface area contributed by atoms with Crippen LogP contribution in [0.4, 0.5) is 5.82 Å². The maximum atomic E-state index is 11.6. The highest BCUT2D eigenvalue weighted by Crippen LogP contribution is 2.27. The van der Waals surface area contributed by atoms with E-state index in [9.17, 15) is 4.79 Å². The lowest BCUT2D eigenvalue weighted by Gasteiger charge is -2.28. The monoisotopic (exact) mass is 274 g/mol. The molecule has 20 heavy (non-hydrogen) atoms. The van der Waals surface area contributed by atoms with E-state index in [1.54, 1.807) is 0 Å². The van der Waals surface area contributed by atoms with Crippen LogP contribution in [0.15, 0.2) is 6.07 Å². The highest BCUT2D eigenvalue weighted by atomic mass is 16.1. The summed E-state index contributed by atoms with van der Waals surface area (Å²) in [5, 5.41) is 3.41. The zero-order valence-corrected chi connectivity index (χ0v) is 11.7. The van der Waals surface area contributed by atoms with Crippen molar-refractivity contribution in [2.75, 3.05) is 5.32 Å². The molecule has 1 aromatic rings. The number of rotatable bonds is 3. The van der Waals surface area contributed by atoms with E-state index >= 15 is 0 Å². The van der Waals surface area contributed by atoms with Crippen LogP contribution in [0.25, 0.3) is 0 Å². The van der Waals surface area contributed by atoms with Crippen molar-refractivity contribution >= 4 is 11.7 Å². The fourth-order valence-electron chi connectivity index (χ4n) is 3.23. The average molecular weight is 274 g/mol. The second kappa shape index (κ2) is 5.40. The molecule has 5 heteroatoms. The molecule has 0 saturated heterocycles. The van der Waals surface area contributed by atoms with Crippen molar-refractivity contribution in [2.45, 2.75) is 57.0 Å². The van der Waals surface area contributed by atoms with Gasteiger partial charge < -0.3 is 16.8 Å². The summed E-state index contributed by atoms with van der Waals surface area (Å²) in [7, 11) is 0. The van der Waals surface area contributed by atoms with Gasteiger partial charge in [-0.3, -0.25) is 4.79 Å². The van der Waals surface area contributed by atoms with Crippen LogP contribution in [0.5, 0.6) is 0 Å². The van der Waals surface area contributed by atoms with Crippen molar-refractivity contribution < 1.29 is 4.79 Å². The number of primary amides is 1. The molecule has 5 N–H and O–H groups in total. The van der Waals surface area contributed by atoms with Crippen LogP contribution in [-0.4, -0.2) is 23.0 Å². The number of nitrogens with one attached hydrogen (secondary N) is 1. The van der Waals surface area contributed by atoms with Crippen LogP contribution in [0.3, 0.4) is 0 Å². The zero-order chi connectivity index (χ0) is 14.1. The molecule has 1 aromatic heterocycles. The third-order valence-corrected chi connectivity index (χ3v) is 4.43. The second-order valence-corrected chi connectivity index (χ2v) is 5.96. The van der Waals surface area contributed by atoms with Crippen LogP contribution in [0.2, 0.25) is 0 Å². The lowest BCUT2D eigenvalue weighted by molar-refractivity contribution is 0.100. The van der Waals surface area contributed by atoms with Crippen LogP contribution in [0.1, 0.15) is 53.7 Å². The minimum atomic E-state index is -0.401. The summed E-state index contributed by atoms with van der Waals surface area (Å²) in [6, 6.07) is 2.59. The Morgan fingerprint density at radius 1 is 1.25 bits per heavy atom. The van der Waals surface area contributed by atoms with Gasteiger partial charge in [0.1, 0.15) is 5.82 Å². The summed E-state index contributed by atoms with van der Waals surface area (Å²) in [4.78, 5) is 16.3. The van der Waals surface area contributed by atoms with Gasteiger partial charge in [0.2, 0.25) is 0 Å². The Balaban J connectivity index is 1.82. The minimum absolute atomic E-state index is 0.316. The van der Waals surface area contributed by atoms with Gasteiger partial charge >= 0.3 is 0 Å². The molecule has 0 aliphatic heterocycles. The van der Waals surface area contributed by atoms with Crippen molar-refractivity contribution in [1.29, 1.82) is 0 Å². The molecule has 1 fully saturated rings. The van der Waals surface area contributed by atoms with Gasteiger partial charge in [-0.1, -0.05) is 0 Å². The van der Waals surface area contributed by atoms with Crippen molar-refractivity contribution in [1.82, 2.24) is 4.98 Å². The van der Waals surface area contributed by atoms with Crippen molar-refractivity contribution in [3.8, 4) is 0 Å². The minimum Gasteiger partial charge on any atom is -0.367 e. The van der Waals surface area contributed by atoms with Gasteiger partial charge in [0.25, 0.3) is 5.91 Å². The summed E-state index contributed by atoms with van der Waals surface area (Å²) >= 11 is 0. The Bertz CT molecular complexity index is 521. The van der Waals surface area contributed by atoms with E-state index in [1.807, 2.05) is 6.07 Å². The number of carbonyl (C=O) groups excluding carboxylic acids is 1. The largest absolute Gasteiger partial charge is 0.367 e. The molecule has 2 aliphatic rings. The van der Waals surface area contributed by atoms with Gasteiger partial charge in [0.15, 0.2) is 0 Å². The fourth-order valence-corrected chi connectivity index (χ4v) is 3.23. The maximum Gasteiger partial charge on any atom is 0.252 e. The second-order valence-electron chi connectivity index (χ2n) is 5.96. The molecule has 0 spiro atoms. The van der Waals surface area contributed by atoms with Crippen molar-refractivity contribution in [2.24, 2.45) is 11.5 Å². The number of fused-ring (bicyclic) bond motifs is 1. The lowest BCUT2D eigenvalue weighted by Crippen LogP contribution is -2.33. The number of amides is 1. The van der Waals surface area contributed by atoms with Crippen molar-refractivity contribution in [3.05, 3.63) is 22.9 Å². The normalized spacial score (nSPS) is 25.2. The van der Waals surface area contributed by atoms with E-state index in [4.69, 9.17) is 11.5 Å². The standard InChI is InChI=1S/C15H22N4O/c16-10-4-6-11(7-5-10)18-15-12(14(17)20)8-9-2-1-3-13(9)19-15/h8,10-11H,1-7,16H2,(H2,17,20)(H,18,19). The Morgan fingerprint density at radius 3 is 2.70 bits per heavy atom. The van der Waals surface area contributed by atoms with Crippen LogP contribution in [-0.2, 0) is 12.8 Å². The van der Waals surface area contributed by atoms with Gasteiger partial charge in [0.05, 0.1) is 5.56 Å². The van der Waals surface area contributed by atoms with Gasteiger partial charge in [-0.15, -0.1) is 0 Å². The molecule has 1 heterocycles. The molecule has 108 valence electrons. The summed E-state index contributed by atoms with van der Waals surface area (Å²) in [5.74, 6) is 0.265. The number of carbonyl (C=O) groups is 1. The SMILES string of the molecule is NC(=O)c1cc2c(nc1NC1CCC(N)CC1)CCC2. The average Bonchev–Trinajstić information content (AvgIpc) is 2.87. The summed E-state index contributed by atoms with van der Waals surface area (Å²) < 4.78 is 0. The molecular weight excluding hydrogens is 252 g/mol. The number of hydrogen-bond acceptors (Lipinski definition) is 4. The van der Waals surface area contributed by atoms with Crippen LogP contribution >= 0.6 is 0 Å². The smallest absolute Gasteiger partial charge is 0.252 e. The highest BCUT2D eigenvalue weighted by Gasteiger charge is 2.23. The summed E-state index contributed by atoms with van der Waals surface area (Å²) in [6.45, 7) is 0. The van der Waals surface area contributed by atoms with E-state index in [1.165, 1.54) is 5.56 Å². The number of aryl methyl sites for hydroxylation is 2. The van der Waals surface area contributed by atoms with Crippen molar-refractivity contribution in [3.63, 3.8) is 0 Å². The molecule has 0 bridgehead atoms. The van der Waals surface area contributed by atoms with E-state index in [-0.39, 0.29) is 0 Å². The number of nitrogens with zero attached hydrogens (tertiary/aromatic N) is 1. The first kappa shape index (κ1) is 13.4. The molecule has 5 nitrogen and oxygen atoms in total. The first-order chi connectivity index (χ1) is 9.63. The Labute approximate surface area is 119 Å². The van der Waals surface area contributed by atoms with E-state index in [2.05, 4.69) is 10.3 Å². The first-order valence-corrected chi connectivity index (χ1v) is 7.48. The van der Waals surface area contributed by atoms with E-state index in [0.29, 0.717) is 23.5 Å². The highest BCUT2D eigenvalue weighted by molar-refractivity contribution is 5.97. The quantitative estimate of drug-likeness (QED) is 0.775. The van der Waals surface area contributed by atoms with Crippen LogP contribution < -0.4 is 16.8 Å². The van der Waals surface area contributed by atoms with Gasteiger partial charge in [-0.25, -0.2) is 4.98 Å². The molecular formula is C15H22N4O. The molecule has 0 aromatic carbocycles. The summed E-state index contributed by atoms with van der Waals surface area (Å²) in [6.07, 6.45) is 7.21. The fraction of sp³-hybridized carbons (Fsp3) is 0.600. The van der Waals surface area contributed by atoms with Gasteiger partial charge in [-0.05, 0) is 56.6 Å². The number of anilines is 1. The number of nitrogens with two attached hydrogens (primary N) is 2. The number of pyridine rings is 1. The molecule has 2 aliphatic carbocycles. The third-order valence-electron chi connectivity index (χ3n) is 4.43. The molecule has 0 unspecified atom stereocenters. The molecule has 1 saturated carbocycles. The third kappa shape index (κ3) is 2.63. The lowest BCUT2D eigenvalue weighted by atomic mass is 9.91. The number of hydrogen-bond donors (Lipinski definition) is 3. The van der Waals surface area contributed by atoms with E-state index < -0.39 is 5.91 Å². The first-order valence-electron chi connectivity index (χ1n) is 7.48. The number of aromatic nitrogens is 1. The predicted octanol–water partition coefficient (Wildman–Crippen LogP) is 1.35. The molecule has 1 amide bonds. The van der Waals surface area contributed by atoms with Crippen LogP contribution in [0, 0.1) is 0 Å². The van der Waals surface area contributed by atoms with Gasteiger partial charge in [-0.2, -0.15) is 0 Å². The zero-order valence-electron chi connectivity index (χ0n) is 11.7. The predicted molar refractivity (Wildman–Crippen MR) is 78.6 cm³/mol. The topological polar surface area (TPSA) is 94.0 Å². The van der Waals surface area contributed by atoms with Gasteiger partial charge in [0, 0.05) is 17.8 Å². The Hall–Kier alpha value is -1.62. The molecule has 0 atom stereocenters. The Morgan fingerprint density at radius 2 is 2.00 bits per heavy atom. The van der Waals surface area contributed by atoms with E-state index in [0.717, 1.165) is 50.6 Å². The molecule has 0 radical (unpaired) electrons. The maximum absolute atomic E-state index is 11.6. The summed E-state index contributed by atoms with van der Waals surface area (Å²) in [5.41, 5.74) is 14.2. The Kier molecular flexibility index (Phi) is 3.61.